The van der Waals surface area contributed by atoms with Crippen molar-refractivity contribution >= 4 is 71.6 Å². The van der Waals surface area contributed by atoms with E-state index in [-0.39, 0.29) is 0 Å². The van der Waals surface area contributed by atoms with Crippen molar-refractivity contribution in [3.8, 4) is 39.1 Å². The molecule has 0 aliphatic heterocycles. The van der Waals surface area contributed by atoms with Gasteiger partial charge in [-0.05, 0) is 87.6 Å². The fourth-order valence-corrected chi connectivity index (χ4v) is 9.46. The molecule has 0 saturated carbocycles. The zero-order valence-corrected chi connectivity index (χ0v) is 33.2. The lowest BCUT2D eigenvalue weighted by atomic mass is 9.93. The fraction of sp³-hybridized carbons (Fsp3) is 0. The van der Waals surface area contributed by atoms with Crippen molar-refractivity contribution in [3.63, 3.8) is 0 Å². The summed E-state index contributed by atoms with van der Waals surface area (Å²) in [7, 11) is 0. The number of furan rings is 1. The first-order chi connectivity index (χ1) is 30.3. The molecule has 0 saturated heterocycles. The van der Waals surface area contributed by atoms with Crippen molar-refractivity contribution in [3.05, 3.63) is 231 Å². The van der Waals surface area contributed by atoms with Gasteiger partial charge in [-0.3, -0.25) is 0 Å². The molecule has 0 atom stereocenters. The van der Waals surface area contributed by atoms with E-state index in [2.05, 4.69) is 234 Å². The Hall–Kier alpha value is -8.14. The number of aromatic nitrogens is 1. The van der Waals surface area contributed by atoms with Gasteiger partial charge < -0.3 is 13.9 Å². The third-order valence-electron chi connectivity index (χ3n) is 12.2. The maximum absolute atomic E-state index is 6.53. The lowest BCUT2D eigenvalue weighted by Crippen LogP contribution is -2.12. The van der Waals surface area contributed by atoms with E-state index in [1.807, 2.05) is 6.07 Å². The number of rotatable bonds is 7. The molecule has 12 rings (SSSR count). The molecule has 0 N–H and O–H groups in total. The topological polar surface area (TPSA) is 21.3 Å². The summed E-state index contributed by atoms with van der Waals surface area (Å²) in [6.07, 6.45) is 0. The number of anilines is 3. The number of hydrogen-bond acceptors (Lipinski definition) is 2. The van der Waals surface area contributed by atoms with Gasteiger partial charge in [0.15, 0.2) is 0 Å². The van der Waals surface area contributed by atoms with Crippen molar-refractivity contribution in [1.82, 2.24) is 4.57 Å². The first kappa shape index (κ1) is 34.9. The fourth-order valence-electron chi connectivity index (χ4n) is 9.46. The van der Waals surface area contributed by atoms with Crippen LogP contribution in [0.3, 0.4) is 0 Å². The minimum atomic E-state index is 0.854. The van der Waals surface area contributed by atoms with Gasteiger partial charge in [-0.15, -0.1) is 0 Å². The highest BCUT2D eigenvalue weighted by Gasteiger charge is 2.24. The van der Waals surface area contributed by atoms with E-state index in [0.717, 1.165) is 72.5 Å². The van der Waals surface area contributed by atoms with Gasteiger partial charge in [0.2, 0.25) is 0 Å². The van der Waals surface area contributed by atoms with E-state index >= 15 is 0 Å². The summed E-state index contributed by atoms with van der Waals surface area (Å²) in [5.74, 6) is 0. The molecule has 286 valence electrons. The van der Waals surface area contributed by atoms with Crippen molar-refractivity contribution in [1.29, 1.82) is 0 Å². The van der Waals surface area contributed by atoms with Crippen molar-refractivity contribution in [2.45, 2.75) is 0 Å². The van der Waals surface area contributed by atoms with Gasteiger partial charge >= 0.3 is 0 Å². The van der Waals surface area contributed by atoms with Crippen LogP contribution in [0, 0.1) is 0 Å². The molecule has 2 aromatic heterocycles. The second-order valence-electron chi connectivity index (χ2n) is 15.6. The zero-order chi connectivity index (χ0) is 40.3. The SMILES string of the molecule is c1ccc(-c2ccc(-c3cccc4ccccc34)cc2N(c2ccc(-c3ccccc3-n3c4ccccc4c4ccccc43)cc2)c2cccc3oc4ccccc4c23)cc1. The third-order valence-corrected chi connectivity index (χ3v) is 12.2. The summed E-state index contributed by atoms with van der Waals surface area (Å²) in [6, 6.07) is 83.0. The van der Waals surface area contributed by atoms with Crippen LogP contribution >= 0.6 is 0 Å². The van der Waals surface area contributed by atoms with E-state index in [1.54, 1.807) is 0 Å². The average molecular weight is 779 g/mol. The summed E-state index contributed by atoms with van der Waals surface area (Å²) in [4.78, 5) is 2.43. The lowest BCUT2D eigenvalue weighted by molar-refractivity contribution is 0.669. The molecule has 2 heterocycles. The predicted molar refractivity (Wildman–Crippen MR) is 257 cm³/mol. The minimum Gasteiger partial charge on any atom is -0.456 e. The molecule has 0 amide bonds. The van der Waals surface area contributed by atoms with E-state index in [9.17, 15) is 0 Å². The van der Waals surface area contributed by atoms with E-state index < -0.39 is 0 Å². The van der Waals surface area contributed by atoms with Gasteiger partial charge in [0.25, 0.3) is 0 Å². The summed E-state index contributed by atoms with van der Waals surface area (Å²) in [5, 5.41) is 7.11. The molecule has 0 radical (unpaired) electrons. The Kier molecular flexibility index (Phi) is 8.17. The number of hydrogen-bond donors (Lipinski definition) is 0. The summed E-state index contributed by atoms with van der Waals surface area (Å²) in [5.41, 5.74) is 15.4. The Morgan fingerprint density at radius 1 is 0.344 bits per heavy atom. The van der Waals surface area contributed by atoms with E-state index in [1.165, 1.54) is 38.1 Å². The molecule has 61 heavy (non-hydrogen) atoms. The molecule has 3 nitrogen and oxygen atoms in total. The van der Waals surface area contributed by atoms with Crippen LogP contribution in [0.25, 0.3) is 93.6 Å². The van der Waals surface area contributed by atoms with Crippen LogP contribution in [-0.4, -0.2) is 4.57 Å². The summed E-state index contributed by atoms with van der Waals surface area (Å²) >= 11 is 0. The molecule has 0 spiro atoms. The maximum Gasteiger partial charge on any atom is 0.137 e. The smallest absolute Gasteiger partial charge is 0.137 e. The Morgan fingerprint density at radius 3 is 1.72 bits per heavy atom. The first-order valence-electron chi connectivity index (χ1n) is 20.8. The minimum absolute atomic E-state index is 0.854. The third kappa shape index (κ3) is 5.74. The highest BCUT2D eigenvalue weighted by Crippen LogP contribution is 2.48. The largest absolute Gasteiger partial charge is 0.456 e. The van der Waals surface area contributed by atoms with Crippen LogP contribution < -0.4 is 4.90 Å². The average Bonchev–Trinajstić information content (AvgIpc) is 3.88. The summed E-state index contributed by atoms with van der Waals surface area (Å²) in [6.45, 7) is 0. The first-order valence-corrected chi connectivity index (χ1v) is 20.8. The standard InChI is InChI=1S/C58H38N2O/c1-2-16-40(17-3-1)47-37-34-42(45-25-14-19-39-18-4-5-20-44(39)45)38-55(47)59(54-29-15-31-57-58(54)50-24-9-13-30-56(50)61-57)43-35-32-41(33-36-43)46-21-6-10-26-51(46)60-52-27-11-7-22-48(52)49-23-8-12-28-53(49)60/h1-38H. The van der Waals surface area contributed by atoms with Gasteiger partial charge in [-0.25, -0.2) is 0 Å². The molecule has 0 bridgehead atoms. The number of para-hydroxylation sites is 4. The van der Waals surface area contributed by atoms with Gasteiger partial charge in [0.05, 0.1) is 33.5 Å². The molecular formula is C58H38N2O. The molecule has 0 aliphatic carbocycles. The molecule has 12 aromatic rings. The van der Waals surface area contributed by atoms with Crippen LogP contribution in [0.4, 0.5) is 17.1 Å². The lowest BCUT2D eigenvalue weighted by Gasteiger charge is -2.29. The predicted octanol–water partition coefficient (Wildman–Crippen LogP) is 16.3. The number of nitrogens with zero attached hydrogens (tertiary/aromatic N) is 2. The Morgan fingerprint density at radius 2 is 0.918 bits per heavy atom. The van der Waals surface area contributed by atoms with Gasteiger partial charge in [-0.2, -0.15) is 0 Å². The van der Waals surface area contributed by atoms with Gasteiger partial charge in [0, 0.05) is 33.0 Å². The Labute approximate surface area is 353 Å². The second-order valence-corrected chi connectivity index (χ2v) is 15.6. The van der Waals surface area contributed by atoms with Crippen LogP contribution in [0.1, 0.15) is 0 Å². The highest BCUT2D eigenvalue weighted by molar-refractivity contribution is 6.14. The molecule has 0 fully saturated rings. The number of benzene rings is 10. The van der Waals surface area contributed by atoms with E-state index in [4.69, 9.17) is 4.42 Å². The zero-order valence-electron chi connectivity index (χ0n) is 33.2. The normalized spacial score (nSPS) is 11.6. The van der Waals surface area contributed by atoms with Gasteiger partial charge in [0.1, 0.15) is 11.2 Å². The van der Waals surface area contributed by atoms with E-state index in [0.29, 0.717) is 0 Å². The Bertz CT molecular complexity index is 3540. The number of fused-ring (bicyclic) bond motifs is 7. The van der Waals surface area contributed by atoms with Crippen LogP contribution in [-0.2, 0) is 0 Å². The van der Waals surface area contributed by atoms with Crippen molar-refractivity contribution in [2.24, 2.45) is 0 Å². The molecular weight excluding hydrogens is 741 g/mol. The highest BCUT2D eigenvalue weighted by atomic mass is 16.3. The van der Waals surface area contributed by atoms with Crippen LogP contribution in [0.5, 0.6) is 0 Å². The maximum atomic E-state index is 6.53. The summed E-state index contributed by atoms with van der Waals surface area (Å²) < 4.78 is 8.94. The quantitative estimate of drug-likeness (QED) is 0.161. The monoisotopic (exact) mass is 778 g/mol. The van der Waals surface area contributed by atoms with Crippen LogP contribution in [0.15, 0.2) is 235 Å². The van der Waals surface area contributed by atoms with Crippen molar-refractivity contribution in [2.75, 3.05) is 4.90 Å². The molecule has 0 unspecified atom stereocenters. The Balaban J connectivity index is 1.09. The molecule has 0 aliphatic rings. The van der Waals surface area contributed by atoms with Crippen molar-refractivity contribution < 1.29 is 4.42 Å². The molecule has 3 heteroatoms. The van der Waals surface area contributed by atoms with Gasteiger partial charge in [-0.1, -0.05) is 176 Å². The van der Waals surface area contributed by atoms with Crippen LogP contribution in [0.2, 0.25) is 0 Å². The second kappa shape index (κ2) is 14.3. The molecule has 10 aromatic carbocycles.